The average molecular weight is 315 g/mol. The second-order valence-electron chi connectivity index (χ2n) is 4.43. The van der Waals surface area contributed by atoms with Crippen molar-refractivity contribution in [2.24, 2.45) is 0 Å². The molecule has 1 fully saturated rings. The first-order valence-electron chi connectivity index (χ1n) is 6.12. The fourth-order valence-electron chi connectivity index (χ4n) is 2.10. The number of nitrogens with zero attached hydrogens (tertiary/aromatic N) is 1. The lowest BCUT2D eigenvalue weighted by atomic mass is 10.2. The number of rotatable bonds is 4. The lowest BCUT2D eigenvalue weighted by Gasteiger charge is -2.14. The van der Waals surface area contributed by atoms with Crippen LogP contribution in [-0.4, -0.2) is 37.0 Å². The van der Waals surface area contributed by atoms with E-state index in [-0.39, 0.29) is 11.5 Å². The molecule has 0 bridgehead atoms. The van der Waals surface area contributed by atoms with Crippen LogP contribution in [0.2, 0.25) is 0 Å². The number of hydrogen-bond donors (Lipinski definition) is 1. The number of hydrogen-bond acceptors (Lipinski definition) is 2. The van der Waals surface area contributed by atoms with Crippen molar-refractivity contribution in [3.05, 3.63) is 34.1 Å². The van der Waals surface area contributed by atoms with E-state index in [1.54, 1.807) is 6.07 Å². The average Bonchev–Trinajstić information content (AvgIpc) is 2.85. The third-order valence-electron chi connectivity index (χ3n) is 3.09. The van der Waals surface area contributed by atoms with Crippen molar-refractivity contribution in [1.29, 1.82) is 0 Å². The van der Waals surface area contributed by atoms with Gasteiger partial charge in [0.2, 0.25) is 0 Å². The van der Waals surface area contributed by atoms with Crippen LogP contribution in [0.15, 0.2) is 22.7 Å². The zero-order valence-electron chi connectivity index (χ0n) is 10.1. The van der Waals surface area contributed by atoms with E-state index in [1.165, 1.54) is 25.0 Å². The van der Waals surface area contributed by atoms with Gasteiger partial charge >= 0.3 is 0 Å². The van der Waals surface area contributed by atoms with Crippen LogP contribution in [0.25, 0.3) is 0 Å². The highest BCUT2D eigenvalue weighted by molar-refractivity contribution is 9.10. The topological polar surface area (TPSA) is 32.3 Å². The van der Waals surface area contributed by atoms with Gasteiger partial charge in [-0.3, -0.25) is 4.79 Å². The molecule has 1 N–H and O–H groups in total. The fourth-order valence-corrected chi connectivity index (χ4v) is 2.46. The van der Waals surface area contributed by atoms with Crippen LogP contribution in [0.5, 0.6) is 0 Å². The molecule has 0 saturated carbocycles. The van der Waals surface area contributed by atoms with Crippen molar-refractivity contribution in [2.45, 2.75) is 12.8 Å². The predicted molar refractivity (Wildman–Crippen MR) is 72.1 cm³/mol. The molecule has 3 nitrogen and oxygen atoms in total. The number of nitrogens with one attached hydrogen (secondary N) is 1. The van der Waals surface area contributed by atoms with E-state index in [1.807, 2.05) is 0 Å². The number of benzene rings is 1. The van der Waals surface area contributed by atoms with Crippen molar-refractivity contribution in [3.8, 4) is 0 Å². The van der Waals surface area contributed by atoms with Gasteiger partial charge in [0.05, 0.1) is 5.56 Å². The maximum absolute atomic E-state index is 13.5. The Morgan fingerprint density at radius 2 is 2.11 bits per heavy atom. The Labute approximate surface area is 114 Å². The van der Waals surface area contributed by atoms with Gasteiger partial charge in [0.1, 0.15) is 5.82 Å². The first-order chi connectivity index (χ1) is 8.66. The standard InChI is InChI=1S/C13H16BrFN2O/c14-10-3-4-12(15)11(9-10)13(18)16-5-8-17-6-1-2-7-17/h3-4,9H,1-2,5-8H2,(H,16,18). The normalized spacial score (nSPS) is 15.9. The summed E-state index contributed by atoms with van der Waals surface area (Å²) in [7, 11) is 0. The highest BCUT2D eigenvalue weighted by Gasteiger charge is 2.14. The Kier molecular flexibility index (Phi) is 4.72. The van der Waals surface area contributed by atoms with Crippen molar-refractivity contribution in [3.63, 3.8) is 0 Å². The Balaban J connectivity index is 1.85. The lowest BCUT2D eigenvalue weighted by Crippen LogP contribution is -2.33. The maximum atomic E-state index is 13.5. The molecule has 1 aliphatic rings. The molecule has 0 aliphatic carbocycles. The summed E-state index contributed by atoms with van der Waals surface area (Å²) < 4.78 is 14.2. The fraction of sp³-hybridized carbons (Fsp3) is 0.462. The van der Waals surface area contributed by atoms with Crippen LogP contribution in [0.1, 0.15) is 23.2 Å². The van der Waals surface area contributed by atoms with E-state index in [0.29, 0.717) is 11.0 Å². The van der Waals surface area contributed by atoms with Crippen LogP contribution < -0.4 is 5.32 Å². The monoisotopic (exact) mass is 314 g/mol. The van der Waals surface area contributed by atoms with Gasteiger partial charge in [0.15, 0.2) is 0 Å². The molecule has 2 rings (SSSR count). The van der Waals surface area contributed by atoms with Gasteiger partial charge in [-0.2, -0.15) is 0 Å². The van der Waals surface area contributed by atoms with Crippen molar-refractivity contribution >= 4 is 21.8 Å². The second-order valence-corrected chi connectivity index (χ2v) is 5.34. The lowest BCUT2D eigenvalue weighted by molar-refractivity contribution is 0.0945. The minimum absolute atomic E-state index is 0.0887. The summed E-state index contributed by atoms with van der Waals surface area (Å²) in [6.07, 6.45) is 2.46. The van der Waals surface area contributed by atoms with Gasteiger partial charge in [-0.25, -0.2) is 4.39 Å². The molecule has 0 atom stereocenters. The van der Waals surface area contributed by atoms with Crippen LogP contribution in [-0.2, 0) is 0 Å². The van der Waals surface area contributed by atoms with Crippen LogP contribution in [0.3, 0.4) is 0 Å². The number of halogens is 2. The Morgan fingerprint density at radius 3 is 2.83 bits per heavy atom. The third-order valence-corrected chi connectivity index (χ3v) is 3.58. The van der Waals surface area contributed by atoms with Gasteiger partial charge in [-0.05, 0) is 44.1 Å². The predicted octanol–water partition coefficient (Wildman–Crippen LogP) is 2.41. The van der Waals surface area contributed by atoms with E-state index < -0.39 is 5.82 Å². The molecule has 18 heavy (non-hydrogen) atoms. The molecule has 1 heterocycles. The molecular formula is C13H16BrFN2O. The van der Waals surface area contributed by atoms with Gasteiger partial charge in [0, 0.05) is 17.6 Å². The number of carbonyl (C=O) groups is 1. The highest BCUT2D eigenvalue weighted by atomic mass is 79.9. The van der Waals surface area contributed by atoms with Gasteiger partial charge in [0.25, 0.3) is 5.91 Å². The molecule has 1 saturated heterocycles. The molecule has 1 amide bonds. The number of likely N-dealkylation sites (tertiary alicyclic amines) is 1. The zero-order chi connectivity index (χ0) is 13.0. The van der Waals surface area contributed by atoms with Crippen molar-refractivity contribution < 1.29 is 9.18 Å². The Hall–Kier alpha value is -0.940. The van der Waals surface area contributed by atoms with E-state index in [4.69, 9.17) is 0 Å². The van der Waals surface area contributed by atoms with Crippen LogP contribution in [0.4, 0.5) is 4.39 Å². The van der Waals surface area contributed by atoms with E-state index in [2.05, 4.69) is 26.1 Å². The zero-order valence-corrected chi connectivity index (χ0v) is 11.7. The number of carbonyl (C=O) groups excluding carboxylic acids is 1. The SMILES string of the molecule is O=C(NCCN1CCCC1)c1cc(Br)ccc1F. The molecule has 1 aliphatic heterocycles. The summed E-state index contributed by atoms with van der Waals surface area (Å²) in [4.78, 5) is 14.1. The number of amides is 1. The summed E-state index contributed by atoms with van der Waals surface area (Å²) in [6, 6.07) is 4.37. The molecule has 5 heteroatoms. The van der Waals surface area contributed by atoms with Gasteiger partial charge < -0.3 is 10.2 Å². The van der Waals surface area contributed by atoms with E-state index in [9.17, 15) is 9.18 Å². The van der Waals surface area contributed by atoms with Crippen molar-refractivity contribution in [1.82, 2.24) is 10.2 Å². The van der Waals surface area contributed by atoms with Gasteiger partial charge in [-0.15, -0.1) is 0 Å². The molecule has 0 unspecified atom stereocenters. The molecule has 0 radical (unpaired) electrons. The molecular weight excluding hydrogens is 299 g/mol. The smallest absolute Gasteiger partial charge is 0.254 e. The van der Waals surface area contributed by atoms with Gasteiger partial charge in [-0.1, -0.05) is 15.9 Å². The molecule has 1 aromatic rings. The summed E-state index contributed by atoms with van der Waals surface area (Å²) >= 11 is 3.23. The van der Waals surface area contributed by atoms with E-state index in [0.717, 1.165) is 19.6 Å². The quantitative estimate of drug-likeness (QED) is 0.925. The molecule has 98 valence electrons. The molecule has 0 aromatic heterocycles. The summed E-state index contributed by atoms with van der Waals surface area (Å²) in [6.45, 7) is 3.59. The minimum Gasteiger partial charge on any atom is -0.351 e. The molecule has 1 aromatic carbocycles. The maximum Gasteiger partial charge on any atom is 0.254 e. The Bertz CT molecular complexity index is 433. The minimum atomic E-state index is -0.489. The van der Waals surface area contributed by atoms with E-state index >= 15 is 0 Å². The summed E-state index contributed by atoms with van der Waals surface area (Å²) in [5.41, 5.74) is 0.0887. The molecule has 0 spiro atoms. The summed E-state index contributed by atoms with van der Waals surface area (Å²) in [5, 5.41) is 2.75. The van der Waals surface area contributed by atoms with Crippen molar-refractivity contribution in [2.75, 3.05) is 26.2 Å². The van der Waals surface area contributed by atoms with Crippen LogP contribution in [0, 0.1) is 5.82 Å². The first kappa shape index (κ1) is 13.5. The van der Waals surface area contributed by atoms with Crippen LogP contribution >= 0.6 is 15.9 Å². The Morgan fingerprint density at radius 1 is 1.39 bits per heavy atom. The first-order valence-corrected chi connectivity index (χ1v) is 6.92. The third kappa shape index (κ3) is 3.53. The largest absolute Gasteiger partial charge is 0.351 e. The summed E-state index contributed by atoms with van der Waals surface area (Å²) in [5.74, 6) is -0.843. The highest BCUT2D eigenvalue weighted by Crippen LogP contribution is 2.15. The second kappa shape index (κ2) is 6.29.